The predicted octanol–water partition coefficient (Wildman–Crippen LogP) is 3.15. The topological polar surface area (TPSA) is 61.4 Å². The third-order valence-corrected chi connectivity index (χ3v) is 6.06. The standard InChI is InChI=1S/C21H27N3O2S/c1-16(20(25)22-12-9-19-8-5-15-27-19)24-13-10-17(11-14-24)21(26)23-18-6-3-2-4-7-18/h2-8,15-17H,9-14H2,1H3,(H,22,25)(H,23,26)/t16-/m0/s1. The van der Waals surface area contributed by atoms with E-state index in [4.69, 9.17) is 0 Å². The van der Waals surface area contributed by atoms with Crippen LogP contribution in [-0.4, -0.2) is 42.4 Å². The van der Waals surface area contributed by atoms with Gasteiger partial charge < -0.3 is 10.6 Å². The Bertz CT molecular complexity index is 725. The maximum atomic E-state index is 12.4. The number of benzene rings is 1. The van der Waals surface area contributed by atoms with Crippen molar-refractivity contribution in [2.45, 2.75) is 32.2 Å². The molecule has 0 saturated carbocycles. The Morgan fingerprint density at radius 2 is 1.89 bits per heavy atom. The summed E-state index contributed by atoms with van der Waals surface area (Å²) >= 11 is 1.71. The minimum Gasteiger partial charge on any atom is -0.354 e. The predicted molar refractivity (Wildman–Crippen MR) is 110 cm³/mol. The number of piperidine rings is 1. The molecule has 3 rings (SSSR count). The number of carbonyl (C=O) groups is 2. The lowest BCUT2D eigenvalue weighted by Gasteiger charge is -2.34. The van der Waals surface area contributed by atoms with Gasteiger partial charge in [0.1, 0.15) is 0 Å². The molecule has 2 amide bonds. The molecule has 6 heteroatoms. The van der Waals surface area contributed by atoms with Crippen LogP contribution >= 0.6 is 11.3 Å². The molecule has 0 spiro atoms. The van der Waals surface area contributed by atoms with E-state index >= 15 is 0 Å². The highest BCUT2D eigenvalue weighted by Crippen LogP contribution is 2.21. The first-order chi connectivity index (χ1) is 13.1. The van der Waals surface area contributed by atoms with Crippen LogP contribution in [0.2, 0.25) is 0 Å². The molecule has 1 aliphatic heterocycles. The fraction of sp³-hybridized carbons (Fsp3) is 0.429. The van der Waals surface area contributed by atoms with E-state index in [1.807, 2.05) is 43.3 Å². The second kappa shape index (κ2) is 9.67. The second-order valence-corrected chi connectivity index (χ2v) is 7.99. The van der Waals surface area contributed by atoms with Crippen molar-refractivity contribution in [2.24, 2.45) is 5.92 Å². The van der Waals surface area contributed by atoms with Gasteiger partial charge in [0.15, 0.2) is 0 Å². The van der Waals surface area contributed by atoms with E-state index < -0.39 is 0 Å². The summed E-state index contributed by atoms with van der Waals surface area (Å²) in [7, 11) is 0. The molecule has 1 fully saturated rings. The zero-order valence-corrected chi connectivity index (χ0v) is 16.5. The van der Waals surface area contributed by atoms with E-state index in [9.17, 15) is 9.59 Å². The number of hydrogen-bond acceptors (Lipinski definition) is 4. The number of amides is 2. The number of thiophene rings is 1. The molecule has 1 aromatic carbocycles. The Labute approximate surface area is 164 Å². The van der Waals surface area contributed by atoms with Crippen molar-refractivity contribution < 1.29 is 9.59 Å². The molecule has 0 unspecified atom stereocenters. The number of anilines is 1. The Hall–Kier alpha value is -2.18. The molecule has 2 heterocycles. The molecule has 1 atom stereocenters. The molecular weight excluding hydrogens is 358 g/mol. The number of nitrogens with one attached hydrogen (secondary N) is 2. The zero-order chi connectivity index (χ0) is 19.1. The molecule has 2 N–H and O–H groups in total. The summed E-state index contributed by atoms with van der Waals surface area (Å²) in [6.07, 6.45) is 2.44. The first kappa shape index (κ1) is 19.6. The number of likely N-dealkylation sites (tertiary alicyclic amines) is 1. The first-order valence-corrected chi connectivity index (χ1v) is 10.4. The van der Waals surface area contributed by atoms with Crippen LogP contribution in [0.25, 0.3) is 0 Å². The van der Waals surface area contributed by atoms with Gasteiger partial charge in [0.2, 0.25) is 11.8 Å². The maximum absolute atomic E-state index is 12.4. The van der Waals surface area contributed by atoms with E-state index in [-0.39, 0.29) is 23.8 Å². The third kappa shape index (κ3) is 5.65. The summed E-state index contributed by atoms with van der Waals surface area (Å²) in [5, 5.41) is 8.07. The van der Waals surface area contributed by atoms with Crippen molar-refractivity contribution in [3.63, 3.8) is 0 Å². The zero-order valence-electron chi connectivity index (χ0n) is 15.7. The lowest BCUT2D eigenvalue weighted by molar-refractivity contribution is -0.127. The summed E-state index contributed by atoms with van der Waals surface area (Å²) in [6, 6.07) is 13.5. The van der Waals surface area contributed by atoms with Gasteiger partial charge in [-0.3, -0.25) is 14.5 Å². The molecule has 0 radical (unpaired) electrons. The van der Waals surface area contributed by atoms with Gasteiger partial charge in [-0.2, -0.15) is 0 Å². The average molecular weight is 386 g/mol. The number of carbonyl (C=O) groups excluding carboxylic acids is 2. The minimum absolute atomic E-state index is 0.00976. The van der Waals surface area contributed by atoms with Crippen LogP contribution in [0.4, 0.5) is 5.69 Å². The molecule has 1 aromatic heterocycles. The van der Waals surface area contributed by atoms with Crippen molar-refractivity contribution in [1.29, 1.82) is 0 Å². The van der Waals surface area contributed by atoms with Crippen molar-refractivity contribution in [3.8, 4) is 0 Å². The van der Waals surface area contributed by atoms with Gasteiger partial charge in [-0.15, -0.1) is 11.3 Å². The summed E-state index contributed by atoms with van der Waals surface area (Å²) in [4.78, 5) is 28.3. The van der Waals surface area contributed by atoms with Gasteiger partial charge in [0.05, 0.1) is 6.04 Å². The largest absolute Gasteiger partial charge is 0.354 e. The van der Waals surface area contributed by atoms with Gasteiger partial charge in [-0.1, -0.05) is 24.3 Å². The number of nitrogens with zero attached hydrogens (tertiary/aromatic N) is 1. The first-order valence-electron chi connectivity index (χ1n) is 9.53. The van der Waals surface area contributed by atoms with Crippen molar-refractivity contribution in [2.75, 3.05) is 25.0 Å². The van der Waals surface area contributed by atoms with Gasteiger partial charge in [0.25, 0.3) is 0 Å². The Morgan fingerprint density at radius 1 is 1.15 bits per heavy atom. The number of para-hydroxylation sites is 1. The Balaban J connectivity index is 1.39. The number of rotatable bonds is 7. The molecule has 144 valence electrons. The Kier molecular flexibility index (Phi) is 7.01. The van der Waals surface area contributed by atoms with Gasteiger partial charge in [0, 0.05) is 23.0 Å². The monoisotopic (exact) mass is 385 g/mol. The quantitative estimate of drug-likeness (QED) is 0.770. The Morgan fingerprint density at radius 3 is 2.56 bits per heavy atom. The number of hydrogen-bond donors (Lipinski definition) is 2. The van der Waals surface area contributed by atoms with E-state index in [0.717, 1.165) is 38.0 Å². The molecule has 2 aromatic rings. The maximum Gasteiger partial charge on any atom is 0.237 e. The SMILES string of the molecule is C[C@@H](C(=O)NCCc1cccs1)N1CCC(C(=O)Nc2ccccc2)CC1. The van der Waals surface area contributed by atoms with Crippen molar-refractivity contribution in [3.05, 3.63) is 52.7 Å². The fourth-order valence-electron chi connectivity index (χ4n) is 3.39. The van der Waals surface area contributed by atoms with Crippen molar-refractivity contribution >= 4 is 28.8 Å². The van der Waals surface area contributed by atoms with Gasteiger partial charge in [-0.05, 0) is 62.9 Å². The normalized spacial score (nSPS) is 16.6. The summed E-state index contributed by atoms with van der Waals surface area (Å²) < 4.78 is 0. The second-order valence-electron chi connectivity index (χ2n) is 6.96. The van der Waals surface area contributed by atoms with Crippen LogP contribution < -0.4 is 10.6 Å². The van der Waals surface area contributed by atoms with E-state index in [1.54, 1.807) is 11.3 Å². The lowest BCUT2D eigenvalue weighted by atomic mass is 9.94. The molecule has 1 aliphatic rings. The van der Waals surface area contributed by atoms with Gasteiger partial charge >= 0.3 is 0 Å². The molecular formula is C21H27N3O2S. The van der Waals surface area contributed by atoms with Crippen LogP contribution in [-0.2, 0) is 16.0 Å². The minimum atomic E-state index is -0.161. The summed E-state index contributed by atoms with van der Waals surface area (Å²) in [5.41, 5.74) is 0.836. The summed E-state index contributed by atoms with van der Waals surface area (Å²) in [5.74, 6) is 0.156. The van der Waals surface area contributed by atoms with Crippen LogP contribution in [0.1, 0.15) is 24.6 Å². The van der Waals surface area contributed by atoms with Crippen LogP contribution in [0.15, 0.2) is 47.8 Å². The molecule has 27 heavy (non-hydrogen) atoms. The highest BCUT2D eigenvalue weighted by atomic mass is 32.1. The highest BCUT2D eigenvalue weighted by Gasteiger charge is 2.29. The molecule has 0 bridgehead atoms. The lowest BCUT2D eigenvalue weighted by Crippen LogP contribution is -2.49. The van der Waals surface area contributed by atoms with E-state index in [0.29, 0.717) is 6.54 Å². The van der Waals surface area contributed by atoms with E-state index in [1.165, 1.54) is 4.88 Å². The average Bonchev–Trinajstić information content (AvgIpc) is 3.21. The van der Waals surface area contributed by atoms with Gasteiger partial charge in [-0.25, -0.2) is 0 Å². The smallest absolute Gasteiger partial charge is 0.237 e. The van der Waals surface area contributed by atoms with Crippen molar-refractivity contribution in [1.82, 2.24) is 10.2 Å². The molecule has 1 saturated heterocycles. The highest BCUT2D eigenvalue weighted by molar-refractivity contribution is 7.09. The van der Waals surface area contributed by atoms with E-state index in [2.05, 4.69) is 27.0 Å². The molecule has 0 aliphatic carbocycles. The fourth-order valence-corrected chi connectivity index (χ4v) is 4.10. The third-order valence-electron chi connectivity index (χ3n) is 5.12. The van der Waals surface area contributed by atoms with Crippen LogP contribution in [0, 0.1) is 5.92 Å². The molecule has 5 nitrogen and oxygen atoms in total. The summed E-state index contributed by atoms with van der Waals surface area (Å²) in [6.45, 7) is 4.16. The van der Waals surface area contributed by atoms with Crippen LogP contribution in [0.5, 0.6) is 0 Å². The van der Waals surface area contributed by atoms with Crippen LogP contribution in [0.3, 0.4) is 0 Å².